The molecule has 0 saturated carbocycles. The van der Waals surface area contributed by atoms with E-state index in [4.69, 9.17) is 0 Å². The molecule has 1 nitrogen and oxygen atoms in total. The lowest BCUT2D eigenvalue weighted by molar-refractivity contribution is 0.0849. The van der Waals surface area contributed by atoms with Gasteiger partial charge in [0.25, 0.3) is 0 Å². The fourth-order valence-electron chi connectivity index (χ4n) is 2.47. The van der Waals surface area contributed by atoms with Gasteiger partial charge in [0.2, 0.25) is 0 Å². The molecule has 0 spiro atoms. The summed E-state index contributed by atoms with van der Waals surface area (Å²) < 4.78 is 0. The van der Waals surface area contributed by atoms with Crippen LogP contribution < -0.4 is 0 Å². The van der Waals surface area contributed by atoms with Gasteiger partial charge in [-0.15, -0.1) is 0 Å². The van der Waals surface area contributed by atoms with E-state index in [2.05, 4.69) is 13.0 Å². The Morgan fingerprint density at radius 1 is 0.950 bits per heavy atom. The van der Waals surface area contributed by atoms with Crippen LogP contribution in [0.15, 0.2) is 42.5 Å². The van der Waals surface area contributed by atoms with Gasteiger partial charge in [0.15, 0.2) is 0 Å². The van der Waals surface area contributed by atoms with Gasteiger partial charge in [-0.05, 0) is 24.8 Å². The van der Waals surface area contributed by atoms with Gasteiger partial charge in [-0.1, -0.05) is 88.4 Å². The first kappa shape index (κ1) is 17.0. The Labute approximate surface area is 124 Å². The molecule has 0 aliphatic carbocycles. The standard InChI is InChI=1S/C19H30O/c1-3-5-6-7-8-9-10-14-17-19(20,4-2)18-15-12-11-13-16-18/h11-17,20H,3-10H2,1-2H3. The van der Waals surface area contributed by atoms with Crippen molar-refractivity contribution in [3.8, 4) is 0 Å². The van der Waals surface area contributed by atoms with E-state index in [9.17, 15) is 5.11 Å². The van der Waals surface area contributed by atoms with Crippen molar-refractivity contribution in [2.24, 2.45) is 0 Å². The third-order valence-corrected chi connectivity index (χ3v) is 3.93. The average Bonchev–Trinajstić information content (AvgIpc) is 2.50. The van der Waals surface area contributed by atoms with Crippen LogP contribution >= 0.6 is 0 Å². The maximum atomic E-state index is 10.7. The molecule has 0 aromatic heterocycles. The zero-order valence-corrected chi connectivity index (χ0v) is 13.1. The van der Waals surface area contributed by atoms with Gasteiger partial charge in [0.1, 0.15) is 5.60 Å². The second-order valence-electron chi connectivity index (χ2n) is 5.60. The van der Waals surface area contributed by atoms with Crippen LogP contribution in [0, 0.1) is 0 Å². The minimum atomic E-state index is -0.802. The minimum absolute atomic E-state index is 0.712. The lowest BCUT2D eigenvalue weighted by Crippen LogP contribution is -2.21. The number of unbranched alkanes of at least 4 members (excludes halogenated alkanes) is 6. The SMILES string of the molecule is CCCCCCCCC=CC(O)(CC)c1ccccc1. The fraction of sp³-hybridized carbons (Fsp3) is 0.579. The predicted molar refractivity (Wildman–Crippen MR) is 87.8 cm³/mol. The van der Waals surface area contributed by atoms with Crippen LogP contribution in [0.4, 0.5) is 0 Å². The summed E-state index contributed by atoms with van der Waals surface area (Å²) >= 11 is 0. The average molecular weight is 274 g/mol. The van der Waals surface area contributed by atoms with Gasteiger partial charge in [-0.3, -0.25) is 0 Å². The Bertz CT molecular complexity index is 369. The molecule has 0 saturated heterocycles. The monoisotopic (exact) mass is 274 g/mol. The number of benzene rings is 1. The Morgan fingerprint density at radius 3 is 2.25 bits per heavy atom. The van der Waals surface area contributed by atoms with Crippen molar-refractivity contribution in [1.29, 1.82) is 0 Å². The highest BCUT2D eigenvalue weighted by atomic mass is 16.3. The lowest BCUT2D eigenvalue weighted by Gasteiger charge is -2.23. The van der Waals surface area contributed by atoms with Crippen LogP contribution in [0.3, 0.4) is 0 Å². The molecule has 0 amide bonds. The Morgan fingerprint density at radius 2 is 1.60 bits per heavy atom. The smallest absolute Gasteiger partial charge is 0.107 e. The molecule has 1 atom stereocenters. The van der Waals surface area contributed by atoms with Crippen molar-refractivity contribution < 1.29 is 5.11 Å². The van der Waals surface area contributed by atoms with Crippen molar-refractivity contribution in [3.05, 3.63) is 48.0 Å². The summed E-state index contributed by atoms with van der Waals surface area (Å²) in [5, 5.41) is 10.7. The molecule has 0 aliphatic heterocycles. The third kappa shape index (κ3) is 5.92. The van der Waals surface area contributed by atoms with E-state index in [1.54, 1.807) is 0 Å². The quantitative estimate of drug-likeness (QED) is 0.435. The molecule has 1 aromatic carbocycles. The van der Waals surface area contributed by atoms with E-state index in [-0.39, 0.29) is 0 Å². The first-order chi connectivity index (χ1) is 9.73. The van der Waals surface area contributed by atoms with Gasteiger partial charge < -0.3 is 5.11 Å². The summed E-state index contributed by atoms with van der Waals surface area (Å²) in [6.07, 6.45) is 13.8. The van der Waals surface area contributed by atoms with Crippen LogP contribution in [-0.4, -0.2) is 5.11 Å². The summed E-state index contributed by atoms with van der Waals surface area (Å²) in [6, 6.07) is 9.95. The van der Waals surface area contributed by atoms with Gasteiger partial charge >= 0.3 is 0 Å². The number of hydrogen-bond donors (Lipinski definition) is 1. The zero-order chi connectivity index (χ0) is 14.7. The van der Waals surface area contributed by atoms with Crippen LogP contribution in [0.2, 0.25) is 0 Å². The predicted octanol–water partition coefficient (Wildman–Crippen LogP) is 5.59. The largest absolute Gasteiger partial charge is 0.381 e. The molecular formula is C19H30O. The Balaban J connectivity index is 2.35. The van der Waals surface area contributed by atoms with Crippen molar-refractivity contribution in [1.82, 2.24) is 0 Å². The Hall–Kier alpha value is -1.08. The highest BCUT2D eigenvalue weighted by Gasteiger charge is 2.22. The van der Waals surface area contributed by atoms with Crippen molar-refractivity contribution in [2.45, 2.75) is 70.8 Å². The maximum absolute atomic E-state index is 10.7. The second kappa shape index (κ2) is 9.77. The van der Waals surface area contributed by atoms with E-state index in [0.717, 1.165) is 12.0 Å². The first-order valence-corrected chi connectivity index (χ1v) is 8.18. The molecule has 0 radical (unpaired) electrons. The molecule has 0 aliphatic rings. The summed E-state index contributed by atoms with van der Waals surface area (Å²) in [7, 11) is 0. The molecule has 1 N–H and O–H groups in total. The van der Waals surface area contributed by atoms with Crippen LogP contribution in [0.25, 0.3) is 0 Å². The molecule has 1 heteroatoms. The summed E-state index contributed by atoms with van der Waals surface area (Å²) in [4.78, 5) is 0. The fourth-order valence-corrected chi connectivity index (χ4v) is 2.47. The van der Waals surface area contributed by atoms with Gasteiger partial charge in [0, 0.05) is 0 Å². The van der Waals surface area contributed by atoms with Gasteiger partial charge in [0.05, 0.1) is 0 Å². The zero-order valence-electron chi connectivity index (χ0n) is 13.1. The number of rotatable bonds is 10. The molecule has 1 aromatic rings. The number of aliphatic hydroxyl groups is 1. The summed E-state index contributed by atoms with van der Waals surface area (Å²) in [5.74, 6) is 0. The van der Waals surface area contributed by atoms with E-state index in [0.29, 0.717) is 6.42 Å². The lowest BCUT2D eigenvalue weighted by atomic mass is 9.90. The van der Waals surface area contributed by atoms with Crippen molar-refractivity contribution in [2.75, 3.05) is 0 Å². The second-order valence-corrected chi connectivity index (χ2v) is 5.60. The Kier molecular flexibility index (Phi) is 8.29. The highest BCUT2D eigenvalue weighted by molar-refractivity contribution is 5.26. The third-order valence-electron chi connectivity index (χ3n) is 3.93. The van der Waals surface area contributed by atoms with Crippen molar-refractivity contribution >= 4 is 0 Å². The molecule has 0 fully saturated rings. The topological polar surface area (TPSA) is 20.2 Å². The molecule has 20 heavy (non-hydrogen) atoms. The van der Waals surface area contributed by atoms with Gasteiger partial charge in [-0.2, -0.15) is 0 Å². The normalized spacial score (nSPS) is 14.6. The number of hydrogen-bond acceptors (Lipinski definition) is 1. The van der Waals surface area contributed by atoms with Crippen molar-refractivity contribution in [3.63, 3.8) is 0 Å². The van der Waals surface area contributed by atoms with Crippen LogP contribution in [0.5, 0.6) is 0 Å². The van der Waals surface area contributed by atoms with E-state index in [1.807, 2.05) is 43.3 Å². The van der Waals surface area contributed by atoms with Crippen LogP contribution in [0.1, 0.15) is 70.8 Å². The molecule has 0 bridgehead atoms. The number of allylic oxidation sites excluding steroid dienone is 1. The molecule has 112 valence electrons. The van der Waals surface area contributed by atoms with Crippen LogP contribution in [-0.2, 0) is 5.60 Å². The summed E-state index contributed by atoms with van der Waals surface area (Å²) in [5.41, 5.74) is 0.186. The molecule has 1 rings (SSSR count). The highest BCUT2D eigenvalue weighted by Crippen LogP contribution is 2.26. The van der Waals surface area contributed by atoms with Gasteiger partial charge in [-0.25, -0.2) is 0 Å². The molecule has 1 unspecified atom stereocenters. The maximum Gasteiger partial charge on any atom is 0.107 e. The minimum Gasteiger partial charge on any atom is -0.381 e. The van der Waals surface area contributed by atoms with E-state index in [1.165, 1.54) is 38.5 Å². The first-order valence-electron chi connectivity index (χ1n) is 8.18. The molecular weight excluding hydrogens is 244 g/mol. The van der Waals surface area contributed by atoms with E-state index < -0.39 is 5.60 Å². The van der Waals surface area contributed by atoms with E-state index >= 15 is 0 Å². The molecule has 0 heterocycles. The summed E-state index contributed by atoms with van der Waals surface area (Å²) in [6.45, 7) is 4.28.